The number of aromatic nitrogens is 2. The van der Waals surface area contributed by atoms with E-state index in [0.29, 0.717) is 10.4 Å². The molecule has 2 N–H and O–H groups in total. The van der Waals surface area contributed by atoms with Crippen molar-refractivity contribution < 1.29 is 18.3 Å². The van der Waals surface area contributed by atoms with E-state index in [-0.39, 0.29) is 17.3 Å². The van der Waals surface area contributed by atoms with E-state index >= 15 is 0 Å². The van der Waals surface area contributed by atoms with Crippen LogP contribution in [0.1, 0.15) is 19.8 Å². The Morgan fingerprint density at radius 1 is 1.36 bits per heavy atom. The zero-order valence-electron chi connectivity index (χ0n) is 13.2. The number of alkyl halides is 2. The predicted octanol–water partition coefficient (Wildman–Crippen LogP) is 3.83. The van der Waals surface area contributed by atoms with Gasteiger partial charge in [-0.2, -0.15) is 8.78 Å². The van der Waals surface area contributed by atoms with Crippen molar-refractivity contribution in [3.63, 3.8) is 0 Å². The van der Waals surface area contributed by atoms with Crippen molar-refractivity contribution in [2.75, 3.05) is 10.6 Å². The Morgan fingerprint density at radius 3 is 2.84 bits per heavy atom. The average Bonchev–Trinajstić information content (AvgIpc) is 3.27. The highest BCUT2D eigenvalue weighted by Gasteiger charge is 2.23. The Balaban J connectivity index is 1.58. The summed E-state index contributed by atoms with van der Waals surface area (Å²) in [5, 5.41) is 14.2. The molecule has 0 radical (unpaired) electrons. The van der Waals surface area contributed by atoms with E-state index in [2.05, 4.69) is 25.6 Å². The van der Waals surface area contributed by atoms with E-state index in [1.165, 1.54) is 35.2 Å². The zero-order chi connectivity index (χ0) is 17.8. The van der Waals surface area contributed by atoms with E-state index in [1.807, 2.05) is 0 Å². The van der Waals surface area contributed by atoms with Gasteiger partial charge in [0.05, 0.1) is 10.9 Å². The van der Waals surface area contributed by atoms with Gasteiger partial charge in [0.25, 0.3) is 0 Å². The molecule has 6 nitrogen and oxygen atoms in total. The maximum Gasteiger partial charge on any atom is 0.387 e. The molecule has 1 atom stereocenters. The number of carbonyl (C=O) groups is 1. The fourth-order valence-electron chi connectivity index (χ4n) is 1.93. The van der Waals surface area contributed by atoms with E-state index < -0.39 is 11.9 Å². The van der Waals surface area contributed by atoms with Crippen LogP contribution < -0.4 is 15.4 Å². The standard InChI is InChI=1S/C15H16F2N4O2S2/c1-8(24-15-21-20-14(25-15)18-9-6-7-9)12(22)19-10-4-2-3-5-11(10)23-13(16)17/h2-5,8-9,13H,6-7H2,1H3,(H,18,20)(H,19,22). The lowest BCUT2D eigenvalue weighted by Crippen LogP contribution is -2.23. The molecular weight excluding hydrogens is 370 g/mol. The highest BCUT2D eigenvalue weighted by atomic mass is 32.2. The first-order valence-electron chi connectivity index (χ1n) is 7.62. The van der Waals surface area contributed by atoms with Gasteiger partial charge in [0.2, 0.25) is 11.0 Å². The van der Waals surface area contributed by atoms with Gasteiger partial charge in [0.1, 0.15) is 5.75 Å². The van der Waals surface area contributed by atoms with E-state index in [0.717, 1.165) is 18.0 Å². The summed E-state index contributed by atoms with van der Waals surface area (Å²) in [6.45, 7) is -1.24. The number of thioether (sulfide) groups is 1. The minimum absolute atomic E-state index is 0.0742. The number of benzene rings is 1. The summed E-state index contributed by atoms with van der Waals surface area (Å²) >= 11 is 2.65. The van der Waals surface area contributed by atoms with Gasteiger partial charge >= 0.3 is 6.61 Å². The lowest BCUT2D eigenvalue weighted by molar-refractivity contribution is -0.115. The summed E-state index contributed by atoms with van der Waals surface area (Å²) in [6, 6.07) is 6.56. The summed E-state index contributed by atoms with van der Waals surface area (Å²) in [4.78, 5) is 12.3. The van der Waals surface area contributed by atoms with Crippen molar-refractivity contribution in [2.24, 2.45) is 0 Å². The second kappa shape index (κ2) is 7.96. The number of anilines is 2. The van der Waals surface area contributed by atoms with Gasteiger partial charge in [-0.25, -0.2) is 0 Å². The van der Waals surface area contributed by atoms with E-state index in [1.54, 1.807) is 19.1 Å². The van der Waals surface area contributed by atoms with Crippen molar-refractivity contribution in [3.05, 3.63) is 24.3 Å². The minimum Gasteiger partial charge on any atom is -0.433 e. The molecule has 0 aliphatic heterocycles. The number of ether oxygens (including phenoxy) is 1. The summed E-state index contributed by atoms with van der Waals surface area (Å²) in [5.74, 6) is -0.405. The number of rotatable bonds is 8. The van der Waals surface area contributed by atoms with Crippen molar-refractivity contribution in [1.82, 2.24) is 10.2 Å². The number of amides is 1. The molecule has 2 aromatic rings. The van der Waals surface area contributed by atoms with Gasteiger partial charge in [-0.05, 0) is 31.9 Å². The third-order valence-corrected chi connectivity index (χ3v) is 5.36. The predicted molar refractivity (Wildman–Crippen MR) is 93.6 cm³/mol. The molecule has 1 aliphatic rings. The summed E-state index contributed by atoms with van der Waals surface area (Å²) < 4.78 is 29.9. The Hall–Kier alpha value is -1.94. The summed E-state index contributed by atoms with van der Waals surface area (Å²) in [6.07, 6.45) is 2.28. The first-order chi connectivity index (χ1) is 12.0. The van der Waals surface area contributed by atoms with Gasteiger partial charge in [-0.15, -0.1) is 10.2 Å². The normalized spacial score (nSPS) is 15.0. The molecule has 134 valence electrons. The van der Waals surface area contributed by atoms with Crippen LogP contribution >= 0.6 is 23.1 Å². The van der Waals surface area contributed by atoms with E-state index in [9.17, 15) is 13.6 Å². The van der Waals surface area contributed by atoms with Crippen LogP contribution in [0.5, 0.6) is 5.75 Å². The molecule has 1 amide bonds. The largest absolute Gasteiger partial charge is 0.433 e. The number of carbonyl (C=O) groups excluding carboxylic acids is 1. The number of para-hydroxylation sites is 2. The number of hydrogen-bond acceptors (Lipinski definition) is 7. The average molecular weight is 386 g/mol. The maximum atomic E-state index is 12.4. The Morgan fingerprint density at radius 2 is 2.12 bits per heavy atom. The van der Waals surface area contributed by atoms with Crippen molar-refractivity contribution in [1.29, 1.82) is 0 Å². The third kappa shape index (κ3) is 5.27. The zero-order valence-corrected chi connectivity index (χ0v) is 14.9. The Labute approximate surface area is 151 Å². The summed E-state index contributed by atoms with van der Waals surface area (Å²) in [7, 11) is 0. The molecular formula is C15H16F2N4O2S2. The van der Waals surface area contributed by atoms with Crippen LogP contribution in [0.2, 0.25) is 0 Å². The second-order valence-corrected chi connectivity index (χ2v) is 7.98. The number of hydrogen-bond donors (Lipinski definition) is 2. The number of halogens is 2. The topological polar surface area (TPSA) is 76.1 Å². The van der Waals surface area contributed by atoms with Crippen LogP contribution in [0.15, 0.2) is 28.6 Å². The van der Waals surface area contributed by atoms with Gasteiger partial charge < -0.3 is 15.4 Å². The molecule has 1 aromatic carbocycles. The Bertz CT molecular complexity index is 740. The maximum absolute atomic E-state index is 12.4. The monoisotopic (exact) mass is 386 g/mol. The molecule has 0 bridgehead atoms. The molecule has 1 aliphatic carbocycles. The molecule has 1 heterocycles. The van der Waals surface area contributed by atoms with Gasteiger partial charge in [-0.1, -0.05) is 35.2 Å². The fourth-order valence-corrected chi connectivity index (χ4v) is 3.90. The smallest absolute Gasteiger partial charge is 0.387 e. The molecule has 1 saturated carbocycles. The number of nitrogens with one attached hydrogen (secondary N) is 2. The molecule has 1 unspecified atom stereocenters. The molecule has 0 saturated heterocycles. The molecule has 25 heavy (non-hydrogen) atoms. The van der Waals surface area contributed by atoms with Crippen molar-refractivity contribution in [3.8, 4) is 5.75 Å². The molecule has 1 aromatic heterocycles. The van der Waals surface area contributed by atoms with Gasteiger partial charge in [-0.3, -0.25) is 4.79 Å². The lowest BCUT2D eigenvalue weighted by Gasteiger charge is -2.14. The fraction of sp³-hybridized carbons (Fsp3) is 0.400. The molecule has 1 fully saturated rings. The van der Waals surface area contributed by atoms with Gasteiger partial charge in [0.15, 0.2) is 4.34 Å². The van der Waals surface area contributed by atoms with Crippen LogP contribution in [0.4, 0.5) is 19.6 Å². The van der Waals surface area contributed by atoms with Crippen LogP contribution in [0, 0.1) is 0 Å². The van der Waals surface area contributed by atoms with Crippen molar-refractivity contribution >= 4 is 39.8 Å². The van der Waals surface area contributed by atoms with E-state index in [4.69, 9.17) is 0 Å². The minimum atomic E-state index is -2.95. The highest BCUT2D eigenvalue weighted by molar-refractivity contribution is 8.02. The first-order valence-corrected chi connectivity index (χ1v) is 9.32. The molecule has 10 heteroatoms. The Kier molecular flexibility index (Phi) is 5.69. The SMILES string of the molecule is CC(Sc1nnc(NC2CC2)s1)C(=O)Nc1ccccc1OC(F)F. The third-order valence-electron chi connectivity index (χ3n) is 3.32. The van der Waals surface area contributed by atoms with Crippen LogP contribution in [-0.2, 0) is 4.79 Å². The van der Waals surface area contributed by atoms with Crippen LogP contribution in [0.3, 0.4) is 0 Å². The summed E-state index contributed by atoms with van der Waals surface area (Å²) in [5.41, 5.74) is 0.202. The molecule has 3 rings (SSSR count). The first kappa shape index (κ1) is 17.9. The second-order valence-electron chi connectivity index (χ2n) is 5.42. The van der Waals surface area contributed by atoms with Crippen LogP contribution in [0.25, 0.3) is 0 Å². The van der Waals surface area contributed by atoms with Crippen LogP contribution in [-0.4, -0.2) is 34.0 Å². The number of nitrogens with zero attached hydrogens (tertiary/aromatic N) is 2. The van der Waals surface area contributed by atoms with Gasteiger partial charge in [0, 0.05) is 6.04 Å². The molecule has 0 spiro atoms. The van der Waals surface area contributed by atoms with Crippen molar-refractivity contribution in [2.45, 2.75) is 42.0 Å². The highest BCUT2D eigenvalue weighted by Crippen LogP contribution is 2.33. The quantitative estimate of drug-likeness (QED) is 0.672. The lowest BCUT2D eigenvalue weighted by atomic mass is 10.3.